The summed E-state index contributed by atoms with van der Waals surface area (Å²) in [6.07, 6.45) is 3.58. The fourth-order valence-corrected chi connectivity index (χ4v) is 2.22. The average Bonchev–Trinajstić information content (AvgIpc) is 2.74. The normalized spacial score (nSPS) is 10.4. The number of halogens is 2. The maximum atomic E-state index is 11.8. The van der Waals surface area contributed by atoms with Crippen molar-refractivity contribution in [2.75, 3.05) is 6.61 Å². The first-order valence-electron chi connectivity index (χ1n) is 5.29. The lowest BCUT2D eigenvalue weighted by Gasteiger charge is -2.06. The zero-order chi connectivity index (χ0) is 13.1. The smallest absolute Gasteiger partial charge is 0.201 e. The number of Topliss-reactive ketones (excluding diaryl/α,β-unsaturated/α-hetero) is 1. The summed E-state index contributed by atoms with van der Waals surface area (Å²) < 4.78 is 8.09. The lowest BCUT2D eigenvalue weighted by molar-refractivity contribution is 0.0921. The van der Waals surface area contributed by atoms with Crippen molar-refractivity contribution in [1.29, 1.82) is 0 Å². The summed E-state index contributed by atoms with van der Waals surface area (Å²) >= 11 is 9.30. The molecule has 0 unspecified atom stereocenters. The number of aryl methyl sites for hydroxylation is 1. The van der Waals surface area contributed by atoms with E-state index in [0.717, 1.165) is 4.47 Å². The Labute approximate surface area is 118 Å². The van der Waals surface area contributed by atoms with Crippen LogP contribution in [0.25, 0.3) is 0 Å². The highest BCUT2D eigenvalue weighted by molar-refractivity contribution is 9.10. The molecule has 2 rings (SSSR count). The Morgan fingerprint density at radius 3 is 2.83 bits per heavy atom. The molecule has 0 amide bonds. The van der Waals surface area contributed by atoms with Crippen molar-refractivity contribution < 1.29 is 9.53 Å². The molecule has 0 aliphatic rings. The predicted molar refractivity (Wildman–Crippen MR) is 74.4 cm³/mol. The summed E-state index contributed by atoms with van der Waals surface area (Å²) in [4.78, 5) is 11.8. The minimum Gasteiger partial charge on any atom is -0.484 e. The maximum absolute atomic E-state index is 11.8. The zero-order valence-corrected chi connectivity index (χ0v) is 12.0. The van der Waals surface area contributed by atoms with Crippen molar-refractivity contribution in [3.63, 3.8) is 0 Å². The van der Waals surface area contributed by atoms with Crippen LogP contribution in [0.15, 0.2) is 41.1 Å². The van der Waals surface area contributed by atoms with Gasteiger partial charge in [0.05, 0.1) is 5.02 Å². The number of benzene rings is 1. The van der Waals surface area contributed by atoms with E-state index in [1.807, 2.05) is 23.9 Å². The second-order valence-electron chi connectivity index (χ2n) is 3.85. The van der Waals surface area contributed by atoms with Gasteiger partial charge in [-0.3, -0.25) is 4.79 Å². The first-order valence-corrected chi connectivity index (χ1v) is 6.46. The number of nitrogens with zero attached hydrogens (tertiary/aromatic N) is 1. The molecule has 18 heavy (non-hydrogen) atoms. The van der Waals surface area contributed by atoms with E-state index in [4.69, 9.17) is 16.3 Å². The molecule has 0 atom stereocenters. The number of rotatable bonds is 4. The molecular weight excluding hydrogens is 318 g/mol. The standard InChI is InChI=1S/C13H11BrClNO2/c1-16-5-4-9(7-16)12(17)8-18-13-3-2-10(14)6-11(13)15/h2-7H,8H2,1H3. The number of hydrogen-bond acceptors (Lipinski definition) is 2. The second kappa shape index (κ2) is 5.59. The Morgan fingerprint density at radius 2 is 2.22 bits per heavy atom. The summed E-state index contributed by atoms with van der Waals surface area (Å²) in [6.45, 7) is -0.0225. The van der Waals surface area contributed by atoms with Crippen LogP contribution < -0.4 is 4.74 Å². The van der Waals surface area contributed by atoms with Crippen LogP contribution in [0, 0.1) is 0 Å². The minimum atomic E-state index is -0.0745. The number of ether oxygens (including phenoxy) is 1. The molecule has 0 N–H and O–H groups in total. The topological polar surface area (TPSA) is 31.2 Å². The molecule has 0 radical (unpaired) electrons. The molecule has 2 aromatic rings. The van der Waals surface area contributed by atoms with Crippen molar-refractivity contribution in [1.82, 2.24) is 4.57 Å². The van der Waals surface area contributed by atoms with Crippen molar-refractivity contribution in [2.45, 2.75) is 0 Å². The second-order valence-corrected chi connectivity index (χ2v) is 5.18. The SMILES string of the molecule is Cn1ccc(C(=O)COc2ccc(Br)cc2Cl)c1. The van der Waals surface area contributed by atoms with Crippen LogP contribution >= 0.6 is 27.5 Å². The highest BCUT2D eigenvalue weighted by Gasteiger charge is 2.09. The van der Waals surface area contributed by atoms with Crippen molar-refractivity contribution >= 4 is 33.3 Å². The number of carbonyl (C=O) groups excluding carboxylic acids is 1. The Kier molecular flexibility index (Phi) is 4.09. The zero-order valence-electron chi connectivity index (χ0n) is 9.69. The van der Waals surface area contributed by atoms with Gasteiger partial charge in [-0.25, -0.2) is 0 Å². The van der Waals surface area contributed by atoms with Gasteiger partial charge in [0.2, 0.25) is 5.78 Å². The lowest BCUT2D eigenvalue weighted by Crippen LogP contribution is -2.11. The van der Waals surface area contributed by atoms with Gasteiger partial charge in [-0.2, -0.15) is 0 Å². The summed E-state index contributed by atoms with van der Waals surface area (Å²) in [7, 11) is 1.86. The molecule has 0 bridgehead atoms. The summed E-state index contributed by atoms with van der Waals surface area (Å²) in [5.74, 6) is 0.429. The van der Waals surface area contributed by atoms with Crippen LogP contribution in [-0.4, -0.2) is 17.0 Å². The fraction of sp³-hybridized carbons (Fsp3) is 0.154. The first-order chi connectivity index (χ1) is 8.56. The van der Waals surface area contributed by atoms with Crippen LogP contribution in [0.5, 0.6) is 5.75 Å². The number of hydrogen-bond donors (Lipinski definition) is 0. The van der Waals surface area contributed by atoms with Gasteiger partial charge in [0.1, 0.15) is 5.75 Å². The third-order valence-corrected chi connectivity index (χ3v) is 3.20. The van der Waals surface area contributed by atoms with Crippen LogP contribution in [0.2, 0.25) is 5.02 Å². The molecule has 0 spiro atoms. The Hall–Kier alpha value is -1.26. The van der Waals surface area contributed by atoms with Gasteiger partial charge < -0.3 is 9.30 Å². The minimum absolute atomic E-state index is 0.0225. The van der Waals surface area contributed by atoms with Gasteiger partial charge >= 0.3 is 0 Å². The van der Waals surface area contributed by atoms with Crippen LogP contribution in [0.4, 0.5) is 0 Å². The first kappa shape index (κ1) is 13.2. The number of carbonyl (C=O) groups is 1. The van der Waals surface area contributed by atoms with Crippen LogP contribution in [0.3, 0.4) is 0 Å². The van der Waals surface area contributed by atoms with Crippen molar-refractivity contribution in [2.24, 2.45) is 7.05 Å². The molecule has 3 nitrogen and oxygen atoms in total. The number of aromatic nitrogens is 1. The van der Waals surface area contributed by atoms with E-state index in [0.29, 0.717) is 16.3 Å². The van der Waals surface area contributed by atoms with Gasteiger partial charge in [0.25, 0.3) is 0 Å². The van der Waals surface area contributed by atoms with Gasteiger partial charge in [-0.1, -0.05) is 27.5 Å². The highest BCUT2D eigenvalue weighted by Crippen LogP contribution is 2.27. The molecule has 1 heterocycles. The molecule has 0 saturated heterocycles. The van der Waals surface area contributed by atoms with E-state index in [2.05, 4.69) is 15.9 Å². The molecule has 0 fully saturated rings. The van der Waals surface area contributed by atoms with Gasteiger partial charge in [0, 0.05) is 29.5 Å². The third kappa shape index (κ3) is 3.15. The van der Waals surface area contributed by atoms with E-state index < -0.39 is 0 Å². The fourth-order valence-electron chi connectivity index (χ4n) is 1.49. The lowest BCUT2D eigenvalue weighted by atomic mass is 10.2. The molecule has 1 aromatic carbocycles. The Bertz CT molecular complexity index is 580. The summed E-state index contributed by atoms with van der Waals surface area (Å²) in [6, 6.07) is 7.03. The number of ketones is 1. The monoisotopic (exact) mass is 327 g/mol. The molecule has 1 aromatic heterocycles. The summed E-state index contributed by atoms with van der Waals surface area (Å²) in [5, 5.41) is 0.477. The average molecular weight is 329 g/mol. The molecular formula is C13H11BrClNO2. The van der Waals surface area contributed by atoms with Gasteiger partial charge in [-0.15, -0.1) is 0 Å². The van der Waals surface area contributed by atoms with E-state index >= 15 is 0 Å². The largest absolute Gasteiger partial charge is 0.484 e. The molecule has 0 saturated carbocycles. The third-order valence-electron chi connectivity index (χ3n) is 2.41. The van der Waals surface area contributed by atoms with E-state index in [-0.39, 0.29) is 12.4 Å². The van der Waals surface area contributed by atoms with Crippen molar-refractivity contribution in [3.05, 3.63) is 51.7 Å². The van der Waals surface area contributed by atoms with Gasteiger partial charge in [-0.05, 0) is 24.3 Å². The quantitative estimate of drug-likeness (QED) is 0.801. The van der Waals surface area contributed by atoms with Crippen LogP contribution in [-0.2, 0) is 7.05 Å². The van der Waals surface area contributed by atoms with E-state index in [1.54, 1.807) is 24.4 Å². The Balaban J connectivity index is 2.01. The predicted octanol–water partition coefficient (Wildman–Crippen LogP) is 3.70. The van der Waals surface area contributed by atoms with E-state index in [9.17, 15) is 4.79 Å². The van der Waals surface area contributed by atoms with E-state index in [1.165, 1.54) is 0 Å². The molecule has 0 aliphatic heterocycles. The van der Waals surface area contributed by atoms with Crippen LogP contribution in [0.1, 0.15) is 10.4 Å². The molecule has 94 valence electrons. The van der Waals surface area contributed by atoms with Crippen molar-refractivity contribution in [3.8, 4) is 5.75 Å². The van der Waals surface area contributed by atoms with Gasteiger partial charge in [0.15, 0.2) is 6.61 Å². The highest BCUT2D eigenvalue weighted by atomic mass is 79.9. The maximum Gasteiger partial charge on any atom is 0.201 e. The Morgan fingerprint density at radius 1 is 1.44 bits per heavy atom. The summed E-state index contributed by atoms with van der Waals surface area (Å²) in [5.41, 5.74) is 0.630. The molecule has 0 aliphatic carbocycles. The molecule has 5 heteroatoms.